The second kappa shape index (κ2) is 7.55. The van der Waals surface area contributed by atoms with Crippen LogP contribution in [0.5, 0.6) is 11.5 Å². The van der Waals surface area contributed by atoms with E-state index < -0.39 is 30.0 Å². The normalized spacial score (nSPS) is 15.9. The lowest BCUT2D eigenvalue weighted by Crippen LogP contribution is -2.32. The van der Waals surface area contributed by atoms with Gasteiger partial charge in [-0.15, -0.1) is 0 Å². The summed E-state index contributed by atoms with van der Waals surface area (Å²) in [5, 5.41) is 0. The van der Waals surface area contributed by atoms with E-state index >= 15 is 0 Å². The molecule has 1 spiro atoms. The standard InChI is InChI=1S/C25H24O6SSi/c1-33(2,3)31-32(27,28)16-15-17-9-8-12-20-23(17)24(26)30-25(20)18-10-4-6-13-21(18)29-22-14-7-5-11-19(22)25/h4-14H,15-16H2,1-3H3. The van der Waals surface area contributed by atoms with E-state index in [1.165, 1.54) is 0 Å². The van der Waals surface area contributed by atoms with Crippen molar-refractivity contribution in [2.75, 3.05) is 5.75 Å². The van der Waals surface area contributed by atoms with Crippen LogP contribution >= 0.6 is 0 Å². The van der Waals surface area contributed by atoms with Crippen LogP contribution in [0.4, 0.5) is 0 Å². The maximum atomic E-state index is 13.3. The second-order valence-corrected chi connectivity index (χ2v) is 15.6. The molecule has 0 N–H and O–H groups in total. The Morgan fingerprint density at radius 3 is 2.03 bits per heavy atom. The third-order valence-electron chi connectivity index (χ3n) is 5.73. The molecule has 2 aliphatic rings. The molecule has 0 bridgehead atoms. The highest BCUT2D eigenvalue weighted by Crippen LogP contribution is 2.56. The third kappa shape index (κ3) is 3.68. The molecule has 33 heavy (non-hydrogen) atoms. The van der Waals surface area contributed by atoms with Crippen LogP contribution in [-0.4, -0.2) is 28.5 Å². The molecule has 2 heterocycles. The van der Waals surface area contributed by atoms with Gasteiger partial charge in [0.1, 0.15) is 11.5 Å². The second-order valence-electron chi connectivity index (χ2n) is 9.21. The smallest absolute Gasteiger partial charge is 0.340 e. The van der Waals surface area contributed by atoms with Gasteiger partial charge in [0.2, 0.25) is 8.32 Å². The fourth-order valence-corrected chi connectivity index (χ4v) is 8.45. The van der Waals surface area contributed by atoms with Crippen LogP contribution in [0, 0.1) is 0 Å². The lowest BCUT2D eigenvalue weighted by Gasteiger charge is -2.36. The van der Waals surface area contributed by atoms with Crippen LogP contribution in [0.25, 0.3) is 0 Å². The Balaban J connectivity index is 1.63. The van der Waals surface area contributed by atoms with Crippen molar-refractivity contribution in [3.63, 3.8) is 0 Å². The minimum atomic E-state index is -3.71. The van der Waals surface area contributed by atoms with E-state index in [1.54, 1.807) is 6.07 Å². The van der Waals surface area contributed by atoms with Gasteiger partial charge >= 0.3 is 5.97 Å². The molecule has 170 valence electrons. The first-order valence-electron chi connectivity index (χ1n) is 10.8. The van der Waals surface area contributed by atoms with Crippen molar-refractivity contribution in [3.8, 4) is 11.5 Å². The van der Waals surface area contributed by atoms with Crippen molar-refractivity contribution in [2.24, 2.45) is 0 Å². The molecule has 3 aromatic rings. The molecule has 0 aliphatic carbocycles. The van der Waals surface area contributed by atoms with E-state index in [0.29, 0.717) is 28.2 Å². The van der Waals surface area contributed by atoms with Gasteiger partial charge in [0.15, 0.2) is 5.60 Å². The van der Waals surface area contributed by atoms with Crippen LogP contribution in [0.2, 0.25) is 19.6 Å². The maximum Gasteiger partial charge on any atom is 0.340 e. The van der Waals surface area contributed by atoms with Gasteiger partial charge in [-0.1, -0.05) is 54.6 Å². The van der Waals surface area contributed by atoms with E-state index in [4.69, 9.17) is 13.3 Å². The molecule has 5 rings (SSSR count). The van der Waals surface area contributed by atoms with Crippen LogP contribution in [0.15, 0.2) is 66.7 Å². The number of rotatable bonds is 5. The van der Waals surface area contributed by atoms with Crippen molar-refractivity contribution >= 4 is 24.4 Å². The van der Waals surface area contributed by atoms with Gasteiger partial charge in [-0.05, 0) is 43.8 Å². The summed E-state index contributed by atoms with van der Waals surface area (Å²) in [5.74, 6) is 0.557. The first kappa shape index (κ1) is 21.9. The number of carbonyl (C=O) groups excluding carboxylic acids is 1. The molecular formula is C25H24O6SSi. The zero-order valence-electron chi connectivity index (χ0n) is 18.6. The minimum Gasteiger partial charge on any atom is -0.456 e. The molecule has 8 heteroatoms. The van der Waals surface area contributed by atoms with Gasteiger partial charge in [0, 0.05) is 16.7 Å². The highest BCUT2D eigenvalue weighted by molar-refractivity contribution is 7.87. The van der Waals surface area contributed by atoms with Gasteiger partial charge in [0.25, 0.3) is 10.1 Å². The van der Waals surface area contributed by atoms with E-state index in [0.717, 1.165) is 11.1 Å². The molecule has 0 saturated heterocycles. The van der Waals surface area contributed by atoms with Crippen molar-refractivity contribution in [3.05, 3.63) is 94.5 Å². The Bertz CT molecular complexity index is 1330. The van der Waals surface area contributed by atoms with Gasteiger partial charge in [-0.2, -0.15) is 0 Å². The van der Waals surface area contributed by atoms with Crippen LogP contribution in [0.1, 0.15) is 32.6 Å². The minimum absolute atomic E-state index is 0.154. The number of aryl methyl sites for hydroxylation is 1. The fraction of sp³-hybridized carbons (Fsp3) is 0.240. The first-order valence-corrected chi connectivity index (χ1v) is 15.8. The Morgan fingerprint density at radius 2 is 1.42 bits per heavy atom. The summed E-state index contributed by atoms with van der Waals surface area (Å²) in [5.41, 5.74) is 2.05. The molecule has 0 atom stereocenters. The lowest BCUT2D eigenvalue weighted by atomic mass is 9.77. The number of fused-ring (bicyclic) bond motifs is 6. The Kier molecular flexibility index (Phi) is 5.00. The lowest BCUT2D eigenvalue weighted by molar-refractivity contribution is 0.0224. The largest absolute Gasteiger partial charge is 0.456 e. The Hall–Kier alpha value is -2.94. The predicted octanol–water partition coefficient (Wildman–Crippen LogP) is 4.98. The molecule has 0 saturated carbocycles. The van der Waals surface area contributed by atoms with Crippen LogP contribution in [-0.2, 0) is 30.7 Å². The average molecular weight is 481 g/mol. The molecule has 3 aromatic carbocycles. The summed E-state index contributed by atoms with van der Waals surface area (Å²) in [6.07, 6.45) is 0.154. The molecule has 0 aromatic heterocycles. The first-order chi connectivity index (χ1) is 15.6. The quantitative estimate of drug-likeness (QED) is 0.379. The zero-order valence-corrected chi connectivity index (χ0v) is 20.4. The Labute approximate surface area is 194 Å². The highest BCUT2D eigenvalue weighted by atomic mass is 32.2. The number of hydrogen-bond acceptors (Lipinski definition) is 6. The van der Waals surface area contributed by atoms with Crippen molar-refractivity contribution in [1.82, 2.24) is 0 Å². The summed E-state index contributed by atoms with van der Waals surface area (Å²) in [6.45, 7) is 5.48. The summed E-state index contributed by atoms with van der Waals surface area (Å²) < 4.78 is 42.7. The van der Waals surface area contributed by atoms with E-state index in [1.807, 2.05) is 80.3 Å². The van der Waals surface area contributed by atoms with Crippen LogP contribution < -0.4 is 4.74 Å². The molecule has 2 aliphatic heterocycles. The number of benzene rings is 3. The van der Waals surface area contributed by atoms with Gasteiger partial charge in [-0.3, -0.25) is 0 Å². The molecular weight excluding hydrogens is 456 g/mol. The SMILES string of the molecule is C[Si](C)(C)OS(=O)(=O)CCc1cccc2c1C(=O)OC21c2ccccc2Oc2ccccc21. The highest BCUT2D eigenvalue weighted by Gasteiger charge is 2.53. The average Bonchev–Trinajstić information content (AvgIpc) is 3.05. The molecule has 0 radical (unpaired) electrons. The number of hydrogen-bond donors (Lipinski definition) is 0. The summed E-state index contributed by atoms with van der Waals surface area (Å²) >= 11 is 0. The van der Waals surface area contributed by atoms with E-state index in [9.17, 15) is 13.2 Å². The molecule has 0 unspecified atom stereocenters. The molecule has 0 fully saturated rings. The summed E-state index contributed by atoms with van der Waals surface area (Å²) in [7, 11) is -5.98. The van der Waals surface area contributed by atoms with Crippen molar-refractivity contribution in [2.45, 2.75) is 31.7 Å². The number of carbonyl (C=O) groups is 1. The van der Waals surface area contributed by atoms with Gasteiger partial charge < -0.3 is 13.3 Å². The monoisotopic (exact) mass is 480 g/mol. The number of para-hydroxylation sites is 2. The van der Waals surface area contributed by atoms with Gasteiger partial charge in [-0.25, -0.2) is 13.2 Å². The van der Waals surface area contributed by atoms with E-state index in [-0.39, 0.29) is 12.2 Å². The zero-order chi connectivity index (χ0) is 23.4. The maximum absolute atomic E-state index is 13.3. The predicted molar refractivity (Wildman–Crippen MR) is 127 cm³/mol. The fourth-order valence-electron chi connectivity index (χ4n) is 4.60. The van der Waals surface area contributed by atoms with Crippen LogP contribution in [0.3, 0.4) is 0 Å². The van der Waals surface area contributed by atoms with E-state index in [2.05, 4.69) is 0 Å². The topological polar surface area (TPSA) is 78.9 Å². The van der Waals surface area contributed by atoms with Gasteiger partial charge in [0.05, 0.1) is 11.3 Å². The Morgan fingerprint density at radius 1 is 0.848 bits per heavy atom. The molecule has 6 nitrogen and oxygen atoms in total. The van der Waals surface area contributed by atoms with Crippen molar-refractivity contribution in [1.29, 1.82) is 0 Å². The third-order valence-corrected chi connectivity index (χ3v) is 9.45. The summed E-state index contributed by atoms with van der Waals surface area (Å²) in [6, 6.07) is 20.5. The summed E-state index contributed by atoms with van der Waals surface area (Å²) in [4.78, 5) is 13.3. The number of ether oxygens (including phenoxy) is 2. The van der Waals surface area contributed by atoms with Crippen molar-refractivity contribution < 1.29 is 26.6 Å². The molecule has 0 amide bonds. The number of esters is 1.